The number of nitrogens with zero attached hydrogens (tertiary/aromatic N) is 1. The van der Waals surface area contributed by atoms with Crippen molar-refractivity contribution in [2.45, 2.75) is 58.5 Å². The summed E-state index contributed by atoms with van der Waals surface area (Å²) >= 11 is 0. The van der Waals surface area contributed by atoms with E-state index in [1.165, 1.54) is 18.2 Å². The van der Waals surface area contributed by atoms with Crippen LogP contribution in [0.4, 0.5) is 4.79 Å². The van der Waals surface area contributed by atoms with Crippen molar-refractivity contribution in [1.82, 2.24) is 4.90 Å². The van der Waals surface area contributed by atoms with E-state index in [4.69, 9.17) is 9.47 Å². The van der Waals surface area contributed by atoms with E-state index in [0.717, 1.165) is 19.3 Å². The van der Waals surface area contributed by atoms with E-state index in [-0.39, 0.29) is 12.1 Å². The molecule has 1 aromatic carbocycles. The van der Waals surface area contributed by atoms with Gasteiger partial charge in [0.2, 0.25) is 0 Å². The van der Waals surface area contributed by atoms with Gasteiger partial charge in [0.25, 0.3) is 0 Å². The van der Waals surface area contributed by atoms with Crippen LogP contribution >= 0.6 is 0 Å². The van der Waals surface area contributed by atoms with Gasteiger partial charge in [0.05, 0.1) is 12.7 Å². The van der Waals surface area contributed by atoms with Gasteiger partial charge in [-0.05, 0) is 69.2 Å². The molecule has 1 saturated heterocycles. The molecule has 1 aliphatic heterocycles. The molecule has 1 amide bonds. The SMILES string of the molecule is CCc1cc(C(=O)OC)ccc1C1CCN(C(=O)OC(C)(C)C)CC1. The summed E-state index contributed by atoms with van der Waals surface area (Å²) in [4.78, 5) is 25.7. The molecule has 0 radical (unpaired) electrons. The van der Waals surface area contributed by atoms with Crippen LogP contribution in [0.2, 0.25) is 0 Å². The zero-order valence-corrected chi connectivity index (χ0v) is 15.9. The number of rotatable bonds is 3. The Hall–Kier alpha value is -2.04. The summed E-state index contributed by atoms with van der Waals surface area (Å²) in [5, 5.41) is 0. The number of methoxy groups -OCH3 is 1. The molecule has 138 valence electrons. The molecule has 1 heterocycles. The van der Waals surface area contributed by atoms with E-state index >= 15 is 0 Å². The first-order chi connectivity index (χ1) is 11.7. The van der Waals surface area contributed by atoms with E-state index in [1.807, 2.05) is 39.0 Å². The Bertz CT molecular complexity index is 625. The molecular weight excluding hydrogens is 318 g/mol. The van der Waals surface area contributed by atoms with E-state index in [9.17, 15) is 9.59 Å². The Kier molecular flexibility index (Phi) is 6.09. The van der Waals surface area contributed by atoms with Crippen LogP contribution in [0.5, 0.6) is 0 Å². The molecule has 0 saturated carbocycles. The monoisotopic (exact) mass is 347 g/mol. The summed E-state index contributed by atoms with van der Waals surface area (Å²) in [5.41, 5.74) is 2.58. The molecule has 5 nitrogen and oxygen atoms in total. The maximum absolute atomic E-state index is 12.2. The predicted octanol–water partition coefficient (Wildman–Crippen LogP) is 4.15. The zero-order valence-electron chi connectivity index (χ0n) is 15.9. The number of hydrogen-bond acceptors (Lipinski definition) is 4. The second-order valence-electron chi connectivity index (χ2n) is 7.50. The van der Waals surface area contributed by atoms with Crippen molar-refractivity contribution in [3.05, 3.63) is 34.9 Å². The zero-order chi connectivity index (χ0) is 18.6. The first-order valence-electron chi connectivity index (χ1n) is 8.94. The lowest BCUT2D eigenvalue weighted by molar-refractivity contribution is 0.0204. The van der Waals surface area contributed by atoms with Gasteiger partial charge in [0.1, 0.15) is 5.60 Å². The van der Waals surface area contributed by atoms with Gasteiger partial charge in [0.15, 0.2) is 0 Å². The smallest absolute Gasteiger partial charge is 0.410 e. The van der Waals surface area contributed by atoms with Crippen molar-refractivity contribution in [1.29, 1.82) is 0 Å². The van der Waals surface area contributed by atoms with E-state index < -0.39 is 5.60 Å². The third kappa shape index (κ3) is 4.97. The second kappa shape index (κ2) is 7.89. The first kappa shape index (κ1) is 19.3. The molecule has 25 heavy (non-hydrogen) atoms. The summed E-state index contributed by atoms with van der Waals surface area (Å²) in [5.74, 6) is 0.0985. The molecule has 0 atom stereocenters. The highest BCUT2D eigenvalue weighted by atomic mass is 16.6. The molecule has 5 heteroatoms. The van der Waals surface area contributed by atoms with Gasteiger partial charge in [0, 0.05) is 13.1 Å². The molecule has 1 aliphatic rings. The Morgan fingerprint density at radius 3 is 2.36 bits per heavy atom. The molecule has 0 bridgehead atoms. The number of carbonyl (C=O) groups is 2. The molecule has 2 rings (SSSR count). The number of likely N-dealkylation sites (tertiary alicyclic amines) is 1. The standard InChI is InChI=1S/C20H29NO4/c1-6-14-13-16(18(22)24-5)7-8-17(14)15-9-11-21(12-10-15)19(23)25-20(2,3)4/h7-8,13,15H,6,9-12H2,1-5H3. The average molecular weight is 347 g/mol. The van der Waals surface area contributed by atoms with Gasteiger partial charge in [-0.2, -0.15) is 0 Å². The van der Waals surface area contributed by atoms with E-state index in [2.05, 4.69) is 6.92 Å². The van der Waals surface area contributed by atoms with Gasteiger partial charge in [-0.3, -0.25) is 0 Å². The van der Waals surface area contributed by atoms with Gasteiger partial charge in [-0.25, -0.2) is 9.59 Å². The largest absolute Gasteiger partial charge is 0.465 e. The Morgan fingerprint density at radius 1 is 1.20 bits per heavy atom. The quantitative estimate of drug-likeness (QED) is 0.771. The molecule has 0 N–H and O–H groups in total. The maximum Gasteiger partial charge on any atom is 0.410 e. The van der Waals surface area contributed by atoms with E-state index in [1.54, 1.807) is 4.90 Å². The number of amides is 1. The van der Waals surface area contributed by atoms with Crippen molar-refractivity contribution in [2.24, 2.45) is 0 Å². The number of esters is 1. The molecule has 1 fully saturated rings. The summed E-state index contributed by atoms with van der Waals surface area (Å²) in [6.07, 6.45) is 2.45. The van der Waals surface area contributed by atoms with Crippen molar-refractivity contribution in [3.8, 4) is 0 Å². The van der Waals surface area contributed by atoms with Crippen molar-refractivity contribution in [3.63, 3.8) is 0 Å². The fourth-order valence-corrected chi connectivity index (χ4v) is 3.25. The number of benzene rings is 1. The fraction of sp³-hybridized carbons (Fsp3) is 0.600. The predicted molar refractivity (Wildman–Crippen MR) is 96.9 cm³/mol. The highest BCUT2D eigenvalue weighted by molar-refractivity contribution is 5.89. The van der Waals surface area contributed by atoms with E-state index in [0.29, 0.717) is 24.6 Å². The van der Waals surface area contributed by atoms with Gasteiger partial charge < -0.3 is 14.4 Å². The Morgan fingerprint density at radius 2 is 1.84 bits per heavy atom. The summed E-state index contributed by atoms with van der Waals surface area (Å²) < 4.78 is 10.3. The fourth-order valence-electron chi connectivity index (χ4n) is 3.25. The van der Waals surface area contributed by atoms with Crippen LogP contribution in [0.25, 0.3) is 0 Å². The lowest BCUT2D eigenvalue weighted by Gasteiger charge is -2.34. The molecule has 0 aliphatic carbocycles. The van der Waals surface area contributed by atoms with Crippen LogP contribution in [0, 0.1) is 0 Å². The third-order valence-corrected chi connectivity index (χ3v) is 4.53. The Labute approximate surface area is 150 Å². The number of ether oxygens (including phenoxy) is 2. The first-order valence-corrected chi connectivity index (χ1v) is 8.94. The minimum Gasteiger partial charge on any atom is -0.465 e. The highest BCUT2D eigenvalue weighted by Gasteiger charge is 2.28. The van der Waals surface area contributed by atoms with Crippen LogP contribution in [0.1, 0.15) is 67.9 Å². The molecule has 1 aromatic rings. The van der Waals surface area contributed by atoms with Crippen LogP contribution in [-0.2, 0) is 15.9 Å². The average Bonchev–Trinajstić information content (AvgIpc) is 2.59. The van der Waals surface area contributed by atoms with Crippen LogP contribution < -0.4 is 0 Å². The normalized spacial score (nSPS) is 15.8. The van der Waals surface area contributed by atoms with Gasteiger partial charge in [-0.15, -0.1) is 0 Å². The van der Waals surface area contributed by atoms with Gasteiger partial charge >= 0.3 is 12.1 Å². The molecule has 0 aromatic heterocycles. The van der Waals surface area contributed by atoms with Crippen molar-refractivity contribution in [2.75, 3.05) is 20.2 Å². The number of carbonyl (C=O) groups excluding carboxylic acids is 2. The second-order valence-corrected chi connectivity index (χ2v) is 7.50. The number of piperidine rings is 1. The van der Waals surface area contributed by atoms with Crippen LogP contribution in [0.3, 0.4) is 0 Å². The minimum absolute atomic E-state index is 0.234. The lowest BCUT2D eigenvalue weighted by Crippen LogP contribution is -2.41. The van der Waals surface area contributed by atoms with Crippen molar-refractivity contribution < 1.29 is 19.1 Å². The minimum atomic E-state index is -0.465. The lowest BCUT2D eigenvalue weighted by atomic mass is 9.85. The van der Waals surface area contributed by atoms with Crippen LogP contribution in [0.15, 0.2) is 18.2 Å². The number of hydrogen-bond donors (Lipinski definition) is 0. The maximum atomic E-state index is 12.2. The summed E-state index contributed by atoms with van der Waals surface area (Å²) in [7, 11) is 1.40. The Balaban J connectivity index is 2.05. The summed E-state index contributed by atoms with van der Waals surface area (Å²) in [6, 6.07) is 5.81. The molecule has 0 unspecified atom stereocenters. The summed E-state index contributed by atoms with van der Waals surface area (Å²) in [6.45, 7) is 9.13. The highest BCUT2D eigenvalue weighted by Crippen LogP contribution is 2.32. The molecule has 0 spiro atoms. The number of aryl methyl sites for hydroxylation is 1. The third-order valence-electron chi connectivity index (χ3n) is 4.53. The van der Waals surface area contributed by atoms with Crippen LogP contribution in [-0.4, -0.2) is 42.8 Å². The van der Waals surface area contributed by atoms with Crippen molar-refractivity contribution >= 4 is 12.1 Å². The van der Waals surface area contributed by atoms with Gasteiger partial charge in [-0.1, -0.05) is 13.0 Å². The molecular formula is C20H29NO4. The topological polar surface area (TPSA) is 55.8 Å².